The van der Waals surface area contributed by atoms with Gasteiger partial charge in [-0.05, 0) is 31.2 Å². The van der Waals surface area contributed by atoms with Gasteiger partial charge in [0.25, 0.3) is 12.1 Å². The summed E-state index contributed by atoms with van der Waals surface area (Å²) < 4.78 is 10.1. The summed E-state index contributed by atoms with van der Waals surface area (Å²) >= 11 is 5.81. The van der Waals surface area contributed by atoms with Gasteiger partial charge in [-0.3, -0.25) is 14.6 Å². The largest absolute Gasteiger partial charge is 0.450 e. The number of rotatable bonds is 4. The molecule has 1 aromatic heterocycles. The highest BCUT2D eigenvalue weighted by Crippen LogP contribution is 2.11. The zero-order valence-electron chi connectivity index (χ0n) is 14.2. The quantitative estimate of drug-likeness (QED) is 0.803. The molecule has 1 saturated heterocycles. The number of anilines is 1. The van der Waals surface area contributed by atoms with E-state index < -0.39 is 0 Å². The van der Waals surface area contributed by atoms with Gasteiger partial charge in [0.05, 0.1) is 24.5 Å². The van der Waals surface area contributed by atoms with Crippen LogP contribution >= 0.6 is 11.6 Å². The summed E-state index contributed by atoms with van der Waals surface area (Å²) in [5.74, 6) is -0.102. The average Bonchev–Trinajstić information content (AvgIpc) is 3.11. The first-order chi connectivity index (χ1) is 12.6. The van der Waals surface area contributed by atoms with Gasteiger partial charge in [-0.1, -0.05) is 11.6 Å². The number of carbonyl (C=O) groups excluding carboxylic acids is 2. The number of hydrogen-bond acceptors (Lipinski definition) is 6. The van der Waals surface area contributed by atoms with Gasteiger partial charge in [0, 0.05) is 23.7 Å². The lowest BCUT2D eigenvalue weighted by Gasteiger charge is -2.29. The molecule has 1 fully saturated rings. The van der Waals surface area contributed by atoms with Crippen LogP contribution in [0.25, 0.3) is 0 Å². The molecule has 2 aromatic rings. The molecule has 1 N–H and O–H groups in total. The number of piperazine rings is 1. The van der Waals surface area contributed by atoms with Crippen LogP contribution < -0.4 is 15.1 Å². The van der Waals surface area contributed by atoms with Gasteiger partial charge >= 0.3 is 12.0 Å². The number of benzene rings is 1. The van der Waals surface area contributed by atoms with E-state index in [-0.39, 0.29) is 17.9 Å². The zero-order chi connectivity index (χ0) is 18.5. The molecule has 3 rings (SSSR count). The second-order valence-electron chi connectivity index (χ2n) is 5.59. The van der Waals surface area contributed by atoms with E-state index in [1.807, 2.05) is 5.01 Å². The summed E-state index contributed by atoms with van der Waals surface area (Å²) in [5.41, 5.74) is 0.459. The number of amides is 2. The number of halogens is 1. The minimum absolute atomic E-state index is 0.220. The molecule has 1 aliphatic heterocycles. The average molecular weight is 381 g/mol. The Hall–Kier alpha value is -2.81. The van der Waals surface area contributed by atoms with Crippen molar-refractivity contribution in [2.75, 3.05) is 43.1 Å². The Bertz CT molecular complexity index is 771. The van der Waals surface area contributed by atoms with E-state index in [4.69, 9.17) is 20.9 Å². The second kappa shape index (κ2) is 8.05. The highest BCUT2D eigenvalue weighted by atomic mass is 35.5. The van der Waals surface area contributed by atoms with Gasteiger partial charge in [0.2, 0.25) is 5.27 Å². The van der Waals surface area contributed by atoms with Crippen LogP contribution in [0.2, 0.25) is 5.02 Å². The monoisotopic (exact) mass is 380 g/mol. The molecule has 10 heteroatoms. The topological polar surface area (TPSA) is 91.8 Å². The lowest BCUT2D eigenvalue weighted by atomic mass is 10.2. The molecule has 1 aliphatic rings. The normalized spacial score (nSPS) is 14.2. The number of ether oxygens (including phenoxy) is 1. The van der Waals surface area contributed by atoms with Crippen molar-refractivity contribution in [3.8, 4) is 0 Å². The summed E-state index contributed by atoms with van der Waals surface area (Å²) in [6.07, 6.45) is 1.27. The standard InChI is InChI=1S/C16H18ClN5O4/c1-2-25-16(24)20-7-9-21(10-8-20)22-11-14(26-19-22)18-15(23)12-3-5-13(17)6-4-12/h3-6,11H,2,7-10H2,1H3/p+1. The molecule has 138 valence electrons. The van der Waals surface area contributed by atoms with Crippen LogP contribution in [0.3, 0.4) is 0 Å². The fourth-order valence-corrected chi connectivity index (χ4v) is 2.64. The van der Waals surface area contributed by atoms with Crippen LogP contribution in [0.4, 0.5) is 10.7 Å². The van der Waals surface area contributed by atoms with Crippen molar-refractivity contribution in [1.29, 1.82) is 0 Å². The molecule has 0 unspecified atom stereocenters. The number of aromatic nitrogens is 2. The van der Waals surface area contributed by atoms with E-state index in [9.17, 15) is 9.59 Å². The molecular formula is C16H19ClN5O4+. The Labute approximate surface area is 155 Å². The van der Waals surface area contributed by atoms with Gasteiger partial charge in [-0.15, -0.1) is 5.01 Å². The summed E-state index contributed by atoms with van der Waals surface area (Å²) in [5, 5.41) is 9.00. The molecule has 2 amide bonds. The molecule has 0 bridgehead atoms. The molecule has 0 aliphatic carbocycles. The van der Waals surface area contributed by atoms with Crippen LogP contribution in [0.15, 0.2) is 35.0 Å². The molecule has 0 saturated carbocycles. The summed E-state index contributed by atoms with van der Waals surface area (Å²) in [6.45, 7) is 4.31. The molecule has 0 radical (unpaired) electrons. The predicted molar refractivity (Wildman–Crippen MR) is 92.6 cm³/mol. The number of nitrogens with one attached hydrogen (secondary N) is 1. The maximum absolute atomic E-state index is 12.2. The third kappa shape index (κ3) is 4.23. The van der Waals surface area contributed by atoms with Crippen molar-refractivity contribution in [2.24, 2.45) is 0 Å². The third-order valence-electron chi connectivity index (χ3n) is 3.87. The first-order valence-electron chi connectivity index (χ1n) is 8.19. The van der Waals surface area contributed by atoms with Crippen molar-refractivity contribution in [2.45, 2.75) is 6.92 Å². The number of hydrogen-bond donors (Lipinski definition) is 1. The van der Waals surface area contributed by atoms with Crippen LogP contribution in [-0.4, -0.2) is 55.0 Å². The van der Waals surface area contributed by atoms with Crippen LogP contribution in [0.5, 0.6) is 0 Å². The Kier molecular flexibility index (Phi) is 5.57. The second-order valence-corrected chi connectivity index (χ2v) is 6.02. The van der Waals surface area contributed by atoms with Crippen molar-refractivity contribution < 1.29 is 23.6 Å². The van der Waals surface area contributed by atoms with E-state index >= 15 is 0 Å². The van der Waals surface area contributed by atoms with Gasteiger partial charge in [-0.25, -0.2) is 4.79 Å². The minimum atomic E-state index is -0.322. The molecule has 0 spiro atoms. The zero-order valence-corrected chi connectivity index (χ0v) is 15.0. The van der Waals surface area contributed by atoms with Crippen LogP contribution in [0, 0.1) is 0 Å². The van der Waals surface area contributed by atoms with E-state index in [1.165, 1.54) is 4.79 Å². The Morgan fingerprint density at radius 3 is 2.62 bits per heavy atom. The number of nitrogens with zero attached hydrogens (tertiary/aromatic N) is 4. The van der Waals surface area contributed by atoms with Gasteiger partial charge in [-0.2, -0.15) is 0 Å². The Morgan fingerprint density at radius 2 is 1.96 bits per heavy atom. The first kappa shape index (κ1) is 18.0. The van der Waals surface area contributed by atoms with Gasteiger partial charge < -0.3 is 9.64 Å². The highest BCUT2D eigenvalue weighted by Gasteiger charge is 2.29. The Balaban J connectivity index is 1.56. The van der Waals surface area contributed by atoms with E-state index in [1.54, 1.807) is 42.3 Å². The fourth-order valence-electron chi connectivity index (χ4n) is 2.51. The molecular weight excluding hydrogens is 362 g/mol. The fraction of sp³-hybridized carbons (Fsp3) is 0.375. The highest BCUT2D eigenvalue weighted by molar-refractivity contribution is 6.30. The maximum atomic E-state index is 12.2. The lowest BCUT2D eigenvalue weighted by Crippen LogP contribution is -2.65. The summed E-state index contributed by atoms with van der Waals surface area (Å²) in [4.78, 5) is 27.0. The molecule has 26 heavy (non-hydrogen) atoms. The van der Waals surface area contributed by atoms with Gasteiger partial charge in [0.15, 0.2) is 0 Å². The maximum Gasteiger partial charge on any atom is 0.409 e. The lowest BCUT2D eigenvalue weighted by molar-refractivity contribution is -0.759. The molecule has 1 aromatic carbocycles. The van der Waals surface area contributed by atoms with Crippen LogP contribution in [0.1, 0.15) is 17.3 Å². The summed E-state index contributed by atoms with van der Waals surface area (Å²) in [7, 11) is 0. The van der Waals surface area contributed by atoms with E-state index in [0.29, 0.717) is 43.4 Å². The van der Waals surface area contributed by atoms with Crippen molar-refractivity contribution in [3.63, 3.8) is 0 Å². The molecule has 9 nitrogen and oxygen atoms in total. The first-order valence-corrected chi connectivity index (χ1v) is 8.57. The molecule has 2 heterocycles. The van der Waals surface area contributed by atoms with E-state index in [2.05, 4.69) is 10.6 Å². The third-order valence-corrected chi connectivity index (χ3v) is 4.12. The SMILES string of the molecule is CCOC(=O)N1CCN([n+]2cc(NC(=O)c3ccc(Cl)cc3)on2)CC1. The summed E-state index contributed by atoms with van der Waals surface area (Å²) in [6, 6.07) is 6.52. The van der Waals surface area contributed by atoms with E-state index in [0.717, 1.165) is 0 Å². The number of carbonyl (C=O) groups is 2. The van der Waals surface area contributed by atoms with Crippen molar-refractivity contribution >= 4 is 29.5 Å². The van der Waals surface area contributed by atoms with Crippen molar-refractivity contribution in [1.82, 2.24) is 10.2 Å². The molecule has 0 atom stereocenters. The minimum Gasteiger partial charge on any atom is -0.450 e. The smallest absolute Gasteiger partial charge is 0.409 e. The van der Waals surface area contributed by atoms with Crippen molar-refractivity contribution in [3.05, 3.63) is 41.0 Å². The van der Waals surface area contributed by atoms with Crippen LogP contribution in [-0.2, 0) is 4.74 Å². The Morgan fingerprint density at radius 1 is 1.27 bits per heavy atom. The predicted octanol–water partition coefficient (Wildman–Crippen LogP) is 1.28. The van der Waals surface area contributed by atoms with Gasteiger partial charge in [0.1, 0.15) is 0 Å².